The zero-order chi connectivity index (χ0) is 13.0. The van der Waals surface area contributed by atoms with E-state index in [9.17, 15) is 4.79 Å². The van der Waals surface area contributed by atoms with Crippen LogP contribution in [0.5, 0.6) is 0 Å². The van der Waals surface area contributed by atoms with Crippen molar-refractivity contribution in [2.75, 3.05) is 0 Å². The van der Waals surface area contributed by atoms with Crippen LogP contribution in [0.25, 0.3) is 0 Å². The molecule has 2 heteroatoms. The van der Waals surface area contributed by atoms with Crippen LogP contribution in [0.1, 0.15) is 34.3 Å². The molecule has 0 aliphatic rings. The van der Waals surface area contributed by atoms with Gasteiger partial charge in [-0.1, -0.05) is 49.4 Å². The number of carboxylic acid groups (broad SMARTS) is 1. The Kier molecular flexibility index (Phi) is 3.78. The molecule has 0 saturated heterocycles. The van der Waals surface area contributed by atoms with Crippen LogP contribution in [0.2, 0.25) is 0 Å². The van der Waals surface area contributed by atoms with Gasteiger partial charge in [-0.25, -0.2) is 4.79 Å². The minimum Gasteiger partial charge on any atom is -0.478 e. The molecule has 0 aliphatic heterocycles. The molecule has 0 heterocycles. The molecule has 18 heavy (non-hydrogen) atoms. The number of hydrogen-bond acceptors (Lipinski definition) is 1. The second-order valence-corrected chi connectivity index (χ2v) is 4.52. The van der Waals surface area contributed by atoms with Gasteiger partial charge in [0.05, 0.1) is 5.56 Å². The summed E-state index contributed by atoms with van der Waals surface area (Å²) in [6.45, 7) is 2.18. The Morgan fingerprint density at radius 2 is 1.67 bits per heavy atom. The van der Waals surface area contributed by atoms with Gasteiger partial charge >= 0.3 is 5.97 Å². The van der Waals surface area contributed by atoms with Gasteiger partial charge in [0.25, 0.3) is 0 Å². The van der Waals surface area contributed by atoms with E-state index in [0.29, 0.717) is 11.5 Å². The zero-order valence-corrected chi connectivity index (χ0v) is 10.3. The van der Waals surface area contributed by atoms with Gasteiger partial charge in [-0.2, -0.15) is 0 Å². The van der Waals surface area contributed by atoms with E-state index in [1.54, 1.807) is 12.1 Å². The van der Waals surface area contributed by atoms with Gasteiger partial charge in [-0.3, -0.25) is 0 Å². The fourth-order valence-electron chi connectivity index (χ4n) is 2.04. The Balaban J connectivity index is 2.08. The zero-order valence-electron chi connectivity index (χ0n) is 10.3. The molecule has 0 bridgehead atoms. The van der Waals surface area contributed by atoms with Crippen molar-refractivity contribution < 1.29 is 9.90 Å². The Hall–Kier alpha value is -2.09. The number of carbonyl (C=O) groups is 1. The second kappa shape index (κ2) is 5.50. The van der Waals surface area contributed by atoms with Crippen LogP contribution in [-0.2, 0) is 6.42 Å². The van der Waals surface area contributed by atoms with Gasteiger partial charge in [0.1, 0.15) is 0 Å². The van der Waals surface area contributed by atoms with Crippen LogP contribution >= 0.6 is 0 Å². The molecule has 0 spiro atoms. The minimum absolute atomic E-state index is 0.339. The van der Waals surface area contributed by atoms with Gasteiger partial charge in [0.15, 0.2) is 0 Å². The van der Waals surface area contributed by atoms with Crippen LogP contribution in [0, 0.1) is 0 Å². The molecule has 0 aromatic heterocycles. The van der Waals surface area contributed by atoms with Crippen molar-refractivity contribution in [1.82, 2.24) is 0 Å². The van der Waals surface area contributed by atoms with E-state index >= 15 is 0 Å². The third-order valence-electron chi connectivity index (χ3n) is 3.11. The van der Waals surface area contributed by atoms with E-state index in [4.69, 9.17) is 5.11 Å². The summed E-state index contributed by atoms with van der Waals surface area (Å²) in [5, 5.41) is 8.84. The highest BCUT2D eigenvalue weighted by Gasteiger charge is 2.07. The van der Waals surface area contributed by atoms with E-state index in [2.05, 4.69) is 19.1 Å². The van der Waals surface area contributed by atoms with Crippen molar-refractivity contribution in [1.29, 1.82) is 0 Å². The predicted octanol–water partition coefficient (Wildman–Crippen LogP) is 3.73. The van der Waals surface area contributed by atoms with Crippen LogP contribution in [-0.4, -0.2) is 11.1 Å². The lowest BCUT2D eigenvalue weighted by Crippen LogP contribution is -2.00. The number of aromatic carboxylic acids is 1. The first kappa shape index (κ1) is 12.4. The fourth-order valence-corrected chi connectivity index (χ4v) is 2.04. The molecule has 0 amide bonds. The standard InChI is InChI=1S/C16H16O2/c1-12(14-5-3-2-4-6-14)11-13-7-9-15(10-8-13)16(17)18/h2-10,12H,11H2,1H3,(H,17,18)/t12-/m1/s1. The maximum absolute atomic E-state index is 10.8. The number of rotatable bonds is 4. The van der Waals surface area contributed by atoms with Crippen molar-refractivity contribution in [2.24, 2.45) is 0 Å². The first-order chi connectivity index (χ1) is 8.66. The molecular formula is C16H16O2. The maximum atomic E-state index is 10.8. The lowest BCUT2D eigenvalue weighted by Gasteiger charge is -2.11. The number of carboxylic acids is 1. The topological polar surface area (TPSA) is 37.3 Å². The summed E-state index contributed by atoms with van der Waals surface area (Å²) in [5.41, 5.74) is 2.81. The van der Waals surface area contributed by atoms with E-state index < -0.39 is 5.97 Å². The summed E-state index contributed by atoms with van der Waals surface area (Å²) in [5.74, 6) is -0.445. The van der Waals surface area contributed by atoms with Gasteiger partial charge < -0.3 is 5.11 Å². The maximum Gasteiger partial charge on any atom is 0.335 e. The molecule has 2 nitrogen and oxygen atoms in total. The van der Waals surface area contributed by atoms with Crippen LogP contribution in [0.15, 0.2) is 54.6 Å². The molecule has 0 radical (unpaired) electrons. The third-order valence-corrected chi connectivity index (χ3v) is 3.11. The normalized spacial score (nSPS) is 12.1. The highest BCUT2D eigenvalue weighted by molar-refractivity contribution is 5.87. The Bertz CT molecular complexity index is 515. The Morgan fingerprint density at radius 3 is 2.22 bits per heavy atom. The summed E-state index contributed by atoms with van der Waals surface area (Å²) >= 11 is 0. The molecule has 2 aromatic rings. The van der Waals surface area contributed by atoms with Crippen molar-refractivity contribution in [3.05, 3.63) is 71.3 Å². The van der Waals surface area contributed by atoms with E-state index in [1.165, 1.54) is 5.56 Å². The summed E-state index contributed by atoms with van der Waals surface area (Å²) in [4.78, 5) is 10.8. The number of hydrogen-bond donors (Lipinski definition) is 1. The average molecular weight is 240 g/mol. The highest BCUT2D eigenvalue weighted by Crippen LogP contribution is 2.20. The van der Waals surface area contributed by atoms with Crippen molar-refractivity contribution in [3.8, 4) is 0 Å². The lowest BCUT2D eigenvalue weighted by molar-refractivity contribution is 0.0697. The van der Waals surface area contributed by atoms with Crippen LogP contribution in [0.4, 0.5) is 0 Å². The summed E-state index contributed by atoms with van der Waals surface area (Å²) < 4.78 is 0. The lowest BCUT2D eigenvalue weighted by atomic mass is 9.93. The minimum atomic E-state index is -0.877. The average Bonchev–Trinajstić information content (AvgIpc) is 2.40. The summed E-state index contributed by atoms with van der Waals surface area (Å²) in [7, 11) is 0. The van der Waals surface area contributed by atoms with Crippen LogP contribution < -0.4 is 0 Å². The first-order valence-corrected chi connectivity index (χ1v) is 6.04. The molecule has 0 unspecified atom stereocenters. The van der Waals surface area contributed by atoms with Gasteiger partial charge in [-0.05, 0) is 35.6 Å². The fraction of sp³-hybridized carbons (Fsp3) is 0.188. The quantitative estimate of drug-likeness (QED) is 0.884. The predicted molar refractivity (Wildman–Crippen MR) is 72.0 cm³/mol. The molecule has 2 rings (SSSR count). The van der Waals surface area contributed by atoms with Gasteiger partial charge in [0, 0.05) is 0 Å². The Morgan fingerprint density at radius 1 is 1.06 bits per heavy atom. The van der Waals surface area contributed by atoms with E-state index in [-0.39, 0.29) is 0 Å². The molecule has 0 saturated carbocycles. The second-order valence-electron chi connectivity index (χ2n) is 4.52. The third kappa shape index (κ3) is 2.98. The molecule has 2 aromatic carbocycles. The van der Waals surface area contributed by atoms with Crippen molar-refractivity contribution in [2.45, 2.75) is 19.3 Å². The van der Waals surface area contributed by atoms with Gasteiger partial charge in [-0.15, -0.1) is 0 Å². The summed E-state index contributed by atoms with van der Waals surface area (Å²) in [6, 6.07) is 17.4. The molecule has 0 aliphatic carbocycles. The van der Waals surface area contributed by atoms with Crippen molar-refractivity contribution >= 4 is 5.97 Å². The monoisotopic (exact) mass is 240 g/mol. The van der Waals surface area contributed by atoms with Crippen LogP contribution in [0.3, 0.4) is 0 Å². The Labute approximate surface area is 107 Å². The summed E-state index contributed by atoms with van der Waals surface area (Å²) in [6.07, 6.45) is 0.921. The first-order valence-electron chi connectivity index (χ1n) is 6.04. The molecule has 1 atom stereocenters. The van der Waals surface area contributed by atoms with Crippen molar-refractivity contribution in [3.63, 3.8) is 0 Å². The SMILES string of the molecule is C[C@H](Cc1ccc(C(=O)O)cc1)c1ccccc1. The van der Waals surface area contributed by atoms with Gasteiger partial charge in [0.2, 0.25) is 0 Å². The molecular weight excluding hydrogens is 224 g/mol. The van der Waals surface area contributed by atoms with E-state index in [0.717, 1.165) is 12.0 Å². The highest BCUT2D eigenvalue weighted by atomic mass is 16.4. The number of benzene rings is 2. The molecule has 0 fully saturated rings. The molecule has 1 N–H and O–H groups in total. The smallest absolute Gasteiger partial charge is 0.335 e. The largest absolute Gasteiger partial charge is 0.478 e. The molecule has 92 valence electrons. The van der Waals surface area contributed by atoms with E-state index in [1.807, 2.05) is 30.3 Å².